The van der Waals surface area contributed by atoms with Gasteiger partial charge in [0.2, 0.25) is 0 Å². The number of nitrogens with zero attached hydrogens (tertiary/aromatic N) is 2. The van der Waals surface area contributed by atoms with Crippen molar-refractivity contribution in [3.8, 4) is 17.2 Å². The predicted octanol–water partition coefficient (Wildman–Crippen LogP) is 12.0. The molecule has 0 aromatic heterocycles. The Kier molecular flexibility index (Phi) is 9.38. The van der Waals surface area contributed by atoms with Crippen molar-refractivity contribution in [3.05, 3.63) is 199 Å². The Labute approximate surface area is 293 Å². The summed E-state index contributed by atoms with van der Waals surface area (Å²) in [5.74, 6) is 2.15. The maximum Gasteiger partial charge on any atom is 0.193 e. The van der Waals surface area contributed by atoms with Crippen molar-refractivity contribution in [3.63, 3.8) is 0 Å². The summed E-state index contributed by atoms with van der Waals surface area (Å²) in [7, 11) is 1.68. The summed E-state index contributed by atoms with van der Waals surface area (Å²) in [6, 6.07) is 60.3. The lowest BCUT2D eigenvalue weighted by Gasteiger charge is -2.29. The number of carbonyl (C=O) groups is 1. The molecule has 244 valence electrons. The van der Waals surface area contributed by atoms with Crippen molar-refractivity contribution in [1.29, 1.82) is 0 Å². The van der Waals surface area contributed by atoms with Crippen LogP contribution in [-0.4, -0.2) is 12.9 Å². The average Bonchev–Trinajstić information content (AvgIpc) is 3.17. The second-order valence-electron chi connectivity index (χ2n) is 11.9. The lowest BCUT2D eigenvalue weighted by atomic mass is 10.0. The first-order valence-corrected chi connectivity index (χ1v) is 16.5. The summed E-state index contributed by atoms with van der Waals surface area (Å²) in [6.45, 7) is 2.01. The molecule has 0 radical (unpaired) electrons. The van der Waals surface area contributed by atoms with E-state index < -0.39 is 0 Å². The molecule has 0 saturated carbocycles. The smallest absolute Gasteiger partial charge is 0.193 e. The molecular weight excluding hydrogens is 617 g/mol. The van der Waals surface area contributed by atoms with Gasteiger partial charge >= 0.3 is 0 Å². The van der Waals surface area contributed by atoms with Crippen molar-refractivity contribution in [1.82, 2.24) is 0 Å². The first-order chi connectivity index (χ1) is 24.6. The highest BCUT2D eigenvalue weighted by atomic mass is 16.5. The Bertz CT molecular complexity index is 2160. The Morgan fingerprint density at radius 1 is 0.420 bits per heavy atom. The first kappa shape index (κ1) is 32.0. The van der Waals surface area contributed by atoms with Gasteiger partial charge in [-0.2, -0.15) is 0 Å². The zero-order valence-corrected chi connectivity index (χ0v) is 27.9. The molecule has 5 nitrogen and oxygen atoms in total. The topological polar surface area (TPSA) is 42.0 Å². The van der Waals surface area contributed by atoms with E-state index in [1.54, 1.807) is 19.2 Å². The van der Waals surface area contributed by atoms with Crippen molar-refractivity contribution in [2.75, 3.05) is 16.9 Å². The zero-order chi connectivity index (χ0) is 34.3. The van der Waals surface area contributed by atoms with E-state index in [-0.39, 0.29) is 5.78 Å². The minimum atomic E-state index is -0.0122. The lowest BCUT2D eigenvalue weighted by molar-refractivity contribution is 0.103. The summed E-state index contributed by atoms with van der Waals surface area (Å²) < 4.78 is 11.6. The second kappa shape index (κ2) is 14.7. The molecule has 0 saturated heterocycles. The van der Waals surface area contributed by atoms with E-state index in [1.165, 1.54) is 0 Å². The molecule has 7 aromatic rings. The second-order valence-corrected chi connectivity index (χ2v) is 11.9. The van der Waals surface area contributed by atoms with Gasteiger partial charge in [-0.3, -0.25) is 4.79 Å². The number of ketones is 1. The van der Waals surface area contributed by atoms with Gasteiger partial charge in [0.05, 0.1) is 7.11 Å². The van der Waals surface area contributed by atoms with Crippen molar-refractivity contribution in [2.24, 2.45) is 0 Å². The highest BCUT2D eigenvalue weighted by Gasteiger charge is 2.17. The van der Waals surface area contributed by atoms with Gasteiger partial charge in [0.15, 0.2) is 5.78 Å². The van der Waals surface area contributed by atoms with E-state index in [0.717, 1.165) is 45.4 Å². The molecule has 0 aliphatic carbocycles. The maximum atomic E-state index is 12.9. The van der Waals surface area contributed by atoms with Gasteiger partial charge in [-0.05, 0) is 122 Å². The third-order valence-corrected chi connectivity index (χ3v) is 8.47. The molecule has 0 heterocycles. The van der Waals surface area contributed by atoms with Crippen LogP contribution in [0.1, 0.15) is 21.5 Å². The normalized spacial score (nSPS) is 10.7. The van der Waals surface area contributed by atoms with Crippen LogP contribution in [-0.2, 0) is 0 Å². The molecule has 0 aliphatic heterocycles. The number of carbonyl (C=O) groups excluding carboxylic acids is 1. The lowest BCUT2D eigenvalue weighted by Crippen LogP contribution is -2.13. The number of para-hydroxylation sites is 2. The summed E-state index contributed by atoms with van der Waals surface area (Å²) in [6.07, 6.45) is 0. The van der Waals surface area contributed by atoms with E-state index in [0.29, 0.717) is 22.6 Å². The Morgan fingerprint density at radius 2 is 0.800 bits per heavy atom. The van der Waals surface area contributed by atoms with Crippen molar-refractivity contribution in [2.45, 2.75) is 6.92 Å². The Hall–Kier alpha value is -6.59. The summed E-state index contributed by atoms with van der Waals surface area (Å²) in [5, 5.41) is 0. The van der Waals surface area contributed by atoms with Crippen LogP contribution >= 0.6 is 0 Å². The van der Waals surface area contributed by atoms with E-state index in [4.69, 9.17) is 9.47 Å². The Balaban J connectivity index is 1.17. The molecule has 0 aliphatic rings. The first-order valence-electron chi connectivity index (χ1n) is 16.5. The molecule has 7 rings (SSSR count). The van der Waals surface area contributed by atoms with Gasteiger partial charge in [-0.15, -0.1) is 0 Å². The molecule has 7 aromatic carbocycles. The van der Waals surface area contributed by atoms with Crippen LogP contribution in [0.15, 0.2) is 182 Å². The number of anilines is 6. The summed E-state index contributed by atoms with van der Waals surface area (Å²) in [4.78, 5) is 17.4. The fourth-order valence-electron chi connectivity index (χ4n) is 5.90. The van der Waals surface area contributed by atoms with Gasteiger partial charge in [0.1, 0.15) is 17.2 Å². The minimum absolute atomic E-state index is 0.0122. The molecule has 0 atom stereocenters. The van der Waals surface area contributed by atoms with Crippen LogP contribution in [0.3, 0.4) is 0 Å². The average molecular weight is 653 g/mol. The quantitative estimate of drug-likeness (QED) is 0.130. The summed E-state index contributed by atoms with van der Waals surface area (Å²) in [5.41, 5.74) is 8.52. The van der Waals surface area contributed by atoms with Crippen LogP contribution in [0, 0.1) is 6.92 Å². The van der Waals surface area contributed by atoms with Crippen LogP contribution in [0.4, 0.5) is 34.1 Å². The standard InChI is InChI=1S/C45H36N2O3/c1-33-16-18-34(19-17-33)45(48)35-20-26-43(27-21-35)50-44-30-24-39(25-31-44)47(37-12-7-4-8-13-37)41-15-9-14-40(32-41)46(36-10-5-3-6-11-36)38-22-28-42(49-2)29-23-38/h3-32H,1-2H3. The largest absolute Gasteiger partial charge is 0.497 e. The van der Waals surface area contributed by atoms with Crippen LogP contribution in [0.5, 0.6) is 17.2 Å². The van der Waals surface area contributed by atoms with Crippen molar-refractivity contribution >= 4 is 39.9 Å². The molecule has 5 heteroatoms. The SMILES string of the molecule is COc1ccc(N(c2ccccc2)c2cccc(N(c3ccccc3)c3ccc(Oc4ccc(C(=O)c5ccc(C)cc5)cc4)cc3)c2)cc1. The number of benzene rings is 7. The highest BCUT2D eigenvalue weighted by molar-refractivity contribution is 6.09. The number of rotatable bonds is 11. The van der Waals surface area contributed by atoms with Gasteiger partial charge in [-0.1, -0.05) is 72.3 Å². The monoisotopic (exact) mass is 652 g/mol. The van der Waals surface area contributed by atoms with E-state index in [9.17, 15) is 4.79 Å². The van der Waals surface area contributed by atoms with Gasteiger partial charge in [0.25, 0.3) is 0 Å². The highest BCUT2D eigenvalue weighted by Crippen LogP contribution is 2.41. The number of ether oxygens (including phenoxy) is 2. The molecule has 0 amide bonds. The molecule has 0 N–H and O–H groups in total. The zero-order valence-electron chi connectivity index (χ0n) is 27.9. The number of hydrogen-bond acceptors (Lipinski definition) is 5. The molecule has 0 unspecified atom stereocenters. The van der Waals surface area contributed by atoms with Gasteiger partial charge in [-0.25, -0.2) is 0 Å². The number of aryl methyl sites for hydroxylation is 1. The maximum absolute atomic E-state index is 12.9. The molecule has 0 bridgehead atoms. The molecular formula is C45H36N2O3. The van der Waals surface area contributed by atoms with Crippen LogP contribution < -0.4 is 19.3 Å². The third-order valence-electron chi connectivity index (χ3n) is 8.47. The fraction of sp³-hybridized carbons (Fsp3) is 0.0444. The number of methoxy groups -OCH3 is 1. The van der Waals surface area contributed by atoms with Gasteiger partial charge < -0.3 is 19.3 Å². The summed E-state index contributed by atoms with van der Waals surface area (Å²) >= 11 is 0. The Morgan fingerprint density at radius 3 is 1.26 bits per heavy atom. The van der Waals surface area contributed by atoms with Crippen LogP contribution in [0.25, 0.3) is 0 Å². The van der Waals surface area contributed by atoms with Crippen LogP contribution in [0.2, 0.25) is 0 Å². The number of hydrogen-bond donors (Lipinski definition) is 0. The molecule has 0 fully saturated rings. The molecule has 50 heavy (non-hydrogen) atoms. The van der Waals surface area contributed by atoms with Gasteiger partial charge in [0, 0.05) is 45.3 Å². The third kappa shape index (κ3) is 7.13. The van der Waals surface area contributed by atoms with Crippen molar-refractivity contribution < 1.29 is 14.3 Å². The van der Waals surface area contributed by atoms with E-state index in [2.05, 4.69) is 94.7 Å². The molecule has 0 spiro atoms. The van der Waals surface area contributed by atoms with E-state index in [1.807, 2.05) is 91.9 Å². The fourth-order valence-corrected chi connectivity index (χ4v) is 5.90. The minimum Gasteiger partial charge on any atom is -0.497 e. The predicted molar refractivity (Wildman–Crippen MR) is 203 cm³/mol. The van der Waals surface area contributed by atoms with E-state index >= 15 is 0 Å².